The summed E-state index contributed by atoms with van der Waals surface area (Å²) in [6.45, 7) is 3.96. The maximum Gasteiger partial charge on any atom is 0.451 e. The number of alkyl halides is 3. The summed E-state index contributed by atoms with van der Waals surface area (Å²) in [7, 11) is 0. The van der Waals surface area contributed by atoms with Crippen molar-refractivity contribution in [3.8, 4) is 0 Å². The third kappa shape index (κ3) is 2.84. The summed E-state index contributed by atoms with van der Waals surface area (Å²) in [5.41, 5.74) is -0.535. The van der Waals surface area contributed by atoms with Crippen LogP contribution >= 0.6 is 0 Å². The minimum atomic E-state index is -4.73. The van der Waals surface area contributed by atoms with E-state index in [1.54, 1.807) is 13.8 Å². The molecule has 0 N–H and O–H groups in total. The van der Waals surface area contributed by atoms with E-state index in [2.05, 4.69) is 9.97 Å². The third-order valence-corrected chi connectivity index (χ3v) is 2.26. The number of nitrogens with zero attached hydrogens (tertiary/aromatic N) is 4. The van der Waals surface area contributed by atoms with Crippen molar-refractivity contribution in [3.63, 3.8) is 0 Å². The second-order valence-corrected chi connectivity index (χ2v) is 3.33. The van der Waals surface area contributed by atoms with Crippen molar-refractivity contribution in [1.29, 1.82) is 0 Å². The van der Waals surface area contributed by atoms with Gasteiger partial charge in [0.05, 0.1) is 4.92 Å². The van der Waals surface area contributed by atoms with E-state index in [1.165, 1.54) is 4.90 Å². The molecule has 0 atom stereocenters. The van der Waals surface area contributed by atoms with Gasteiger partial charge in [-0.2, -0.15) is 13.2 Å². The topological polar surface area (TPSA) is 72.2 Å². The Balaban J connectivity index is 3.37. The Morgan fingerprint density at radius 1 is 1.39 bits per heavy atom. The van der Waals surface area contributed by atoms with Gasteiger partial charge in [-0.15, -0.1) is 0 Å². The van der Waals surface area contributed by atoms with Gasteiger partial charge in [0.25, 0.3) is 0 Å². The van der Waals surface area contributed by atoms with Crippen molar-refractivity contribution in [3.05, 3.63) is 22.1 Å². The van der Waals surface area contributed by atoms with Crippen LogP contribution in [0.4, 0.5) is 24.7 Å². The zero-order chi connectivity index (χ0) is 13.9. The molecule has 1 aromatic heterocycles. The smallest absolute Gasteiger partial charge is 0.351 e. The van der Waals surface area contributed by atoms with E-state index in [9.17, 15) is 23.3 Å². The second kappa shape index (κ2) is 5.15. The maximum absolute atomic E-state index is 12.5. The molecule has 1 heterocycles. The van der Waals surface area contributed by atoms with Crippen molar-refractivity contribution >= 4 is 11.5 Å². The number of hydrogen-bond donors (Lipinski definition) is 0. The molecule has 0 saturated heterocycles. The highest BCUT2D eigenvalue weighted by Gasteiger charge is 2.37. The van der Waals surface area contributed by atoms with Crippen molar-refractivity contribution < 1.29 is 18.1 Å². The van der Waals surface area contributed by atoms with Crippen molar-refractivity contribution in [2.24, 2.45) is 0 Å². The minimum absolute atomic E-state index is 0.311. The van der Waals surface area contributed by atoms with Gasteiger partial charge in [0, 0.05) is 13.1 Å². The standard InChI is InChI=1S/C9H11F3N4O2/c1-3-15(4-2)7-6(16(17)18)5-13-8(14-7)9(10,11)12/h5H,3-4H2,1-2H3. The molecule has 0 aliphatic heterocycles. The summed E-state index contributed by atoms with van der Waals surface area (Å²) >= 11 is 0. The summed E-state index contributed by atoms with van der Waals surface area (Å²) in [6.07, 6.45) is -4.14. The molecule has 0 aliphatic rings. The monoisotopic (exact) mass is 264 g/mol. The second-order valence-electron chi connectivity index (χ2n) is 3.33. The first-order valence-electron chi connectivity index (χ1n) is 5.14. The van der Waals surface area contributed by atoms with E-state index in [0.29, 0.717) is 19.3 Å². The lowest BCUT2D eigenvalue weighted by Gasteiger charge is -2.19. The van der Waals surface area contributed by atoms with E-state index in [0.717, 1.165) is 0 Å². The molecular formula is C9H11F3N4O2. The predicted octanol–water partition coefficient (Wildman–Crippen LogP) is 2.25. The van der Waals surface area contributed by atoms with Crippen LogP contribution in [0.2, 0.25) is 0 Å². The molecule has 6 nitrogen and oxygen atoms in total. The van der Waals surface area contributed by atoms with Crippen LogP contribution in [-0.2, 0) is 6.18 Å². The highest BCUT2D eigenvalue weighted by molar-refractivity contribution is 5.56. The van der Waals surface area contributed by atoms with Gasteiger partial charge in [-0.05, 0) is 13.8 Å². The first-order valence-corrected chi connectivity index (χ1v) is 5.14. The molecule has 0 radical (unpaired) electrons. The van der Waals surface area contributed by atoms with Gasteiger partial charge in [-0.1, -0.05) is 0 Å². The Labute approximate surface area is 101 Å². The average Bonchev–Trinajstić information content (AvgIpc) is 2.29. The zero-order valence-corrected chi connectivity index (χ0v) is 9.73. The molecule has 1 aromatic rings. The fourth-order valence-corrected chi connectivity index (χ4v) is 1.39. The van der Waals surface area contributed by atoms with Crippen LogP contribution in [0.15, 0.2) is 6.20 Å². The minimum Gasteiger partial charge on any atom is -0.351 e. The Kier molecular flexibility index (Phi) is 4.04. The number of aromatic nitrogens is 2. The van der Waals surface area contributed by atoms with Crippen LogP contribution in [0.25, 0.3) is 0 Å². The van der Waals surface area contributed by atoms with Gasteiger partial charge in [0.15, 0.2) is 0 Å². The summed E-state index contributed by atoms with van der Waals surface area (Å²) < 4.78 is 37.4. The van der Waals surface area contributed by atoms with Gasteiger partial charge in [0.2, 0.25) is 11.6 Å². The first kappa shape index (κ1) is 14.1. The number of hydrogen-bond acceptors (Lipinski definition) is 5. The molecule has 0 spiro atoms. The van der Waals surface area contributed by atoms with Crippen LogP contribution in [0.5, 0.6) is 0 Å². The molecule has 0 aliphatic carbocycles. The Morgan fingerprint density at radius 2 is 1.94 bits per heavy atom. The number of anilines is 1. The molecule has 0 saturated carbocycles. The number of nitro groups is 1. The highest BCUT2D eigenvalue weighted by Crippen LogP contribution is 2.31. The van der Waals surface area contributed by atoms with Crippen LogP contribution in [0, 0.1) is 10.1 Å². The third-order valence-electron chi connectivity index (χ3n) is 2.26. The normalized spacial score (nSPS) is 11.4. The molecular weight excluding hydrogens is 253 g/mol. The van der Waals surface area contributed by atoms with E-state index in [1.807, 2.05) is 0 Å². The van der Waals surface area contributed by atoms with Crippen molar-refractivity contribution in [2.45, 2.75) is 20.0 Å². The summed E-state index contributed by atoms with van der Waals surface area (Å²) in [6, 6.07) is 0. The molecule has 1 rings (SSSR count). The molecule has 0 aromatic carbocycles. The van der Waals surface area contributed by atoms with Crippen LogP contribution in [-0.4, -0.2) is 28.0 Å². The number of halogens is 3. The molecule has 0 amide bonds. The van der Waals surface area contributed by atoms with Gasteiger partial charge < -0.3 is 4.90 Å². The first-order chi connectivity index (χ1) is 8.31. The lowest BCUT2D eigenvalue weighted by Crippen LogP contribution is -2.25. The van der Waals surface area contributed by atoms with Crippen LogP contribution < -0.4 is 4.90 Å². The molecule has 100 valence electrons. The molecule has 9 heteroatoms. The van der Waals surface area contributed by atoms with Gasteiger partial charge >= 0.3 is 11.9 Å². The fraction of sp³-hybridized carbons (Fsp3) is 0.556. The van der Waals surface area contributed by atoms with Crippen LogP contribution in [0.3, 0.4) is 0 Å². The summed E-state index contributed by atoms with van der Waals surface area (Å²) in [5, 5.41) is 10.7. The van der Waals surface area contributed by atoms with E-state index >= 15 is 0 Å². The van der Waals surface area contributed by atoms with Crippen LogP contribution in [0.1, 0.15) is 19.7 Å². The fourth-order valence-electron chi connectivity index (χ4n) is 1.39. The molecule has 0 bridgehead atoms. The quantitative estimate of drug-likeness (QED) is 0.616. The van der Waals surface area contributed by atoms with E-state index in [-0.39, 0.29) is 5.82 Å². The van der Waals surface area contributed by atoms with Crippen molar-refractivity contribution in [1.82, 2.24) is 9.97 Å². The highest BCUT2D eigenvalue weighted by atomic mass is 19.4. The molecule has 0 fully saturated rings. The maximum atomic E-state index is 12.5. The summed E-state index contributed by atoms with van der Waals surface area (Å²) in [4.78, 5) is 17.5. The molecule has 0 unspecified atom stereocenters. The largest absolute Gasteiger partial charge is 0.451 e. The Morgan fingerprint density at radius 3 is 2.33 bits per heavy atom. The predicted molar refractivity (Wildman–Crippen MR) is 57.2 cm³/mol. The average molecular weight is 264 g/mol. The number of rotatable bonds is 4. The van der Waals surface area contributed by atoms with E-state index < -0.39 is 22.6 Å². The summed E-state index contributed by atoms with van der Waals surface area (Å²) in [5.74, 6) is -1.69. The molecule has 18 heavy (non-hydrogen) atoms. The SMILES string of the molecule is CCN(CC)c1nc(C(F)(F)F)ncc1[N+](=O)[O-]. The van der Waals surface area contributed by atoms with Gasteiger partial charge in [-0.3, -0.25) is 10.1 Å². The van der Waals surface area contributed by atoms with E-state index in [4.69, 9.17) is 0 Å². The van der Waals surface area contributed by atoms with Gasteiger partial charge in [-0.25, -0.2) is 9.97 Å². The van der Waals surface area contributed by atoms with Crippen molar-refractivity contribution in [2.75, 3.05) is 18.0 Å². The lowest BCUT2D eigenvalue weighted by atomic mass is 10.4. The Bertz CT molecular complexity index is 446. The zero-order valence-electron chi connectivity index (χ0n) is 9.73. The van der Waals surface area contributed by atoms with Gasteiger partial charge in [0.1, 0.15) is 6.20 Å². The lowest BCUT2D eigenvalue weighted by molar-refractivity contribution is -0.384. The Hall–Kier alpha value is -1.93.